The van der Waals surface area contributed by atoms with Crippen LogP contribution in [0.25, 0.3) is 6.08 Å². The minimum atomic E-state index is 0.563. The van der Waals surface area contributed by atoms with E-state index in [1.807, 2.05) is 18.2 Å². The van der Waals surface area contributed by atoms with Crippen molar-refractivity contribution < 1.29 is 0 Å². The van der Waals surface area contributed by atoms with Crippen molar-refractivity contribution in [3.8, 4) is 0 Å². The van der Waals surface area contributed by atoms with Crippen LogP contribution in [0.3, 0.4) is 0 Å². The van der Waals surface area contributed by atoms with Crippen LogP contribution in [0.4, 0.5) is 0 Å². The Kier molecular flexibility index (Phi) is 5.24. The molecule has 98 valence electrons. The van der Waals surface area contributed by atoms with Crippen LogP contribution in [0.2, 0.25) is 5.02 Å². The number of nitrogens with zero attached hydrogens (tertiary/aromatic N) is 1. The highest BCUT2D eigenvalue weighted by atomic mass is 35.5. The van der Waals surface area contributed by atoms with Crippen molar-refractivity contribution in [3.05, 3.63) is 40.4 Å². The lowest BCUT2D eigenvalue weighted by Crippen LogP contribution is -2.29. The van der Waals surface area contributed by atoms with Crippen molar-refractivity contribution in [2.75, 3.05) is 19.6 Å². The molecule has 2 nitrogen and oxygen atoms in total. The first-order valence-electron chi connectivity index (χ1n) is 6.67. The van der Waals surface area contributed by atoms with Gasteiger partial charge < -0.3 is 5.73 Å². The lowest BCUT2D eigenvalue weighted by Gasteiger charge is -2.26. The fourth-order valence-electron chi connectivity index (χ4n) is 2.36. The number of rotatable bonds is 4. The van der Waals surface area contributed by atoms with E-state index in [1.54, 1.807) is 0 Å². The van der Waals surface area contributed by atoms with Crippen LogP contribution in [0.1, 0.15) is 30.4 Å². The standard InChI is InChI=1S/C15H21ClN2/c16-15-11-13(5-4-8-17)6-7-14(15)12-18-9-2-1-3-10-18/h4-7,11H,1-3,8-10,12,17H2/b5-4+. The molecule has 1 aliphatic rings. The van der Waals surface area contributed by atoms with E-state index in [1.165, 1.54) is 37.9 Å². The second-order valence-electron chi connectivity index (χ2n) is 4.83. The maximum atomic E-state index is 6.34. The van der Waals surface area contributed by atoms with Gasteiger partial charge in [0.1, 0.15) is 0 Å². The average Bonchev–Trinajstić information content (AvgIpc) is 2.40. The van der Waals surface area contributed by atoms with Gasteiger partial charge in [-0.2, -0.15) is 0 Å². The van der Waals surface area contributed by atoms with Gasteiger partial charge in [0.15, 0.2) is 0 Å². The summed E-state index contributed by atoms with van der Waals surface area (Å²) in [5.74, 6) is 0. The summed E-state index contributed by atoms with van der Waals surface area (Å²) in [5.41, 5.74) is 7.79. The number of nitrogens with two attached hydrogens (primary N) is 1. The fourth-order valence-corrected chi connectivity index (χ4v) is 2.61. The molecular formula is C15H21ClN2. The van der Waals surface area contributed by atoms with Crippen LogP contribution in [0.5, 0.6) is 0 Å². The second kappa shape index (κ2) is 6.93. The van der Waals surface area contributed by atoms with Gasteiger partial charge in [0.05, 0.1) is 0 Å². The predicted molar refractivity (Wildman–Crippen MR) is 78.7 cm³/mol. The van der Waals surface area contributed by atoms with E-state index in [2.05, 4.69) is 17.0 Å². The van der Waals surface area contributed by atoms with E-state index in [9.17, 15) is 0 Å². The van der Waals surface area contributed by atoms with Gasteiger partial charge in [-0.15, -0.1) is 0 Å². The quantitative estimate of drug-likeness (QED) is 0.904. The van der Waals surface area contributed by atoms with Crippen LogP contribution in [-0.4, -0.2) is 24.5 Å². The molecular weight excluding hydrogens is 244 g/mol. The summed E-state index contributed by atoms with van der Waals surface area (Å²) in [6.45, 7) is 3.93. The Morgan fingerprint density at radius 2 is 2.00 bits per heavy atom. The van der Waals surface area contributed by atoms with Crippen LogP contribution in [0.15, 0.2) is 24.3 Å². The van der Waals surface area contributed by atoms with Gasteiger partial charge in [0, 0.05) is 18.1 Å². The molecule has 1 aliphatic heterocycles. The Morgan fingerprint density at radius 1 is 1.22 bits per heavy atom. The number of hydrogen-bond donors (Lipinski definition) is 1. The summed E-state index contributed by atoms with van der Waals surface area (Å²) in [4.78, 5) is 2.49. The van der Waals surface area contributed by atoms with Crippen LogP contribution in [-0.2, 0) is 6.54 Å². The molecule has 1 fully saturated rings. The highest BCUT2D eigenvalue weighted by molar-refractivity contribution is 6.31. The highest BCUT2D eigenvalue weighted by Gasteiger charge is 2.11. The fraction of sp³-hybridized carbons (Fsp3) is 0.467. The Morgan fingerprint density at radius 3 is 2.67 bits per heavy atom. The molecule has 0 saturated carbocycles. The number of piperidine rings is 1. The van der Waals surface area contributed by atoms with Crippen molar-refractivity contribution in [2.45, 2.75) is 25.8 Å². The molecule has 0 aromatic heterocycles. The SMILES string of the molecule is NC/C=C/c1ccc(CN2CCCCC2)c(Cl)c1. The topological polar surface area (TPSA) is 29.3 Å². The third-order valence-corrected chi connectivity index (χ3v) is 3.72. The molecule has 0 atom stereocenters. The zero-order valence-electron chi connectivity index (χ0n) is 10.7. The van der Waals surface area contributed by atoms with Gasteiger partial charge in [-0.3, -0.25) is 4.90 Å². The molecule has 3 heteroatoms. The van der Waals surface area contributed by atoms with Crippen molar-refractivity contribution in [2.24, 2.45) is 5.73 Å². The first kappa shape index (κ1) is 13.6. The maximum absolute atomic E-state index is 6.34. The van der Waals surface area contributed by atoms with Crippen molar-refractivity contribution in [3.63, 3.8) is 0 Å². The number of halogens is 1. The second-order valence-corrected chi connectivity index (χ2v) is 5.23. The molecule has 0 bridgehead atoms. The molecule has 0 spiro atoms. The largest absolute Gasteiger partial charge is 0.327 e. The van der Waals surface area contributed by atoms with E-state index in [4.69, 9.17) is 17.3 Å². The molecule has 0 aliphatic carbocycles. The molecule has 0 radical (unpaired) electrons. The van der Waals surface area contributed by atoms with Gasteiger partial charge in [-0.1, -0.05) is 42.3 Å². The molecule has 0 unspecified atom stereocenters. The summed E-state index contributed by atoms with van der Waals surface area (Å²) >= 11 is 6.34. The van der Waals surface area contributed by atoms with E-state index in [0.717, 1.165) is 17.1 Å². The van der Waals surface area contributed by atoms with E-state index < -0.39 is 0 Å². The first-order valence-corrected chi connectivity index (χ1v) is 7.05. The normalized spacial score (nSPS) is 17.4. The minimum Gasteiger partial charge on any atom is -0.327 e. The van der Waals surface area contributed by atoms with Gasteiger partial charge in [0.25, 0.3) is 0 Å². The van der Waals surface area contributed by atoms with Gasteiger partial charge in [-0.25, -0.2) is 0 Å². The number of likely N-dealkylation sites (tertiary alicyclic amines) is 1. The molecule has 0 amide bonds. The van der Waals surface area contributed by atoms with E-state index in [-0.39, 0.29) is 0 Å². The van der Waals surface area contributed by atoms with Crippen molar-refractivity contribution in [1.82, 2.24) is 4.90 Å². The molecule has 18 heavy (non-hydrogen) atoms. The minimum absolute atomic E-state index is 0.563. The van der Waals surface area contributed by atoms with Crippen molar-refractivity contribution >= 4 is 17.7 Å². The molecule has 1 aromatic rings. The smallest absolute Gasteiger partial charge is 0.0456 e. The van der Waals surface area contributed by atoms with Gasteiger partial charge in [0.2, 0.25) is 0 Å². The predicted octanol–water partition coefficient (Wildman–Crippen LogP) is 3.30. The van der Waals surface area contributed by atoms with Gasteiger partial charge >= 0.3 is 0 Å². The third kappa shape index (κ3) is 3.84. The lowest BCUT2D eigenvalue weighted by molar-refractivity contribution is 0.221. The number of benzene rings is 1. The Labute approximate surface area is 114 Å². The average molecular weight is 265 g/mol. The molecule has 1 saturated heterocycles. The summed E-state index contributed by atoms with van der Waals surface area (Å²) in [7, 11) is 0. The maximum Gasteiger partial charge on any atom is 0.0456 e. The molecule has 1 aromatic carbocycles. The van der Waals surface area contributed by atoms with Gasteiger partial charge in [-0.05, 0) is 43.1 Å². The Hall–Kier alpha value is -0.830. The van der Waals surface area contributed by atoms with Crippen LogP contribution < -0.4 is 5.73 Å². The van der Waals surface area contributed by atoms with E-state index in [0.29, 0.717) is 6.54 Å². The monoisotopic (exact) mass is 264 g/mol. The zero-order valence-corrected chi connectivity index (χ0v) is 11.5. The van der Waals surface area contributed by atoms with Crippen molar-refractivity contribution in [1.29, 1.82) is 0 Å². The lowest BCUT2D eigenvalue weighted by atomic mass is 10.1. The molecule has 2 rings (SSSR count). The summed E-state index contributed by atoms with van der Waals surface area (Å²) < 4.78 is 0. The molecule has 2 N–H and O–H groups in total. The first-order chi connectivity index (χ1) is 8.79. The van der Waals surface area contributed by atoms with E-state index >= 15 is 0 Å². The number of hydrogen-bond acceptors (Lipinski definition) is 2. The molecule has 1 heterocycles. The highest BCUT2D eigenvalue weighted by Crippen LogP contribution is 2.22. The van der Waals surface area contributed by atoms with Crippen LogP contribution >= 0.6 is 11.6 Å². The summed E-state index contributed by atoms with van der Waals surface area (Å²) in [5, 5.41) is 0.861. The zero-order chi connectivity index (χ0) is 12.8. The summed E-state index contributed by atoms with van der Waals surface area (Å²) in [6, 6.07) is 6.26. The Balaban J connectivity index is 2.02. The van der Waals surface area contributed by atoms with Crippen LogP contribution in [0, 0.1) is 0 Å². The third-order valence-electron chi connectivity index (χ3n) is 3.37. The summed E-state index contributed by atoms with van der Waals surface area (Å²) in [6.07, 6.45) is 7.95. The Bertz CT molecular complexity index is 409.